The van der Waals surface area contributed by atoms with Crippen molar-refractivity contribution in [2.75, 3.05) is 19.7 Å². The average molecular weight is 382 g/mol. The van der Waals surface area contributed by atoms with E-state index in [0.717, 1.165) is 30.5 Å². The number of phenolic OH excluding ortho intramolecular Hbond substituents is 1. The Morgan fingerprint density at radius 3 is 2.44 bits per heavy atom. The van der Waals surface area contributed by atoms with Gasteiger partial charge in [0.25, 0.3) is 0 Å². The number of carbonyl (C=O) groups is 1. The van der Waals surface area contributed by atoms with E-state index in [1.165, 1.54) is 12.1 Å². The number of ether oxygens (including phenoxy) is 1. The zero-order valence-electron chi connectivity index (χ0n) is 14.6. The number of amides is 2. The lowest BCUT2D eigenvalue weighted by Crippen LogP contribution is -2.38. The maximum absolute atomic E-state index is 12.6. The first-order valence-corrected chi connectivity index (χ1v) is 8.44. The quantitative estimate of drug-likeness (QED) is 0.610. The van der Waals surface area contributed by atoms with E-state index in [1.54, 1.807) is 12.1 Å². The summed E-state index contributed by atoms with van der Waals surface area (Å²) in [6, 6.07) is 11.1. The average Bonchev–Trinajstić information content (AvgIpc) is 2.63. The van der Waals surface area contributed by atoms with Crippen LogP contribution >= 0.6 is 0 Å². The number of hydrogen-bond donors (Lipinski definition) is 3. The molecule has 0 aliphatic carbocycles. The van der Waals surface area contributed by atoms with Gasteiger partial charge in [0.05, 0.1) is 12.1 Å². The number of rotatable bonds is 8. The summed E-state index contributed by atoms with van der Waals surface area (Å²) in [4.78, 5) is 11.6. The lowest BCUT2D eigenvalue weighted by molar-refractivity contribution is -0.137. The smallest absolute Gasteiger partial charge is 0.416 e. The predicted octanol–water partition coefficient (Wildman–Crippen LogP) is 3.72. The maximum Gasteiger partial charge on any atom is 0.416 e. The second-order valence-corrected chi connectivity index (χ2v) is 5.83. The fourth-order valence-electron chi connectivity index (χ4n) is 2.32. The third-order valence-corrected chi connectivity index (χ3v) is 3.68. The summed E-state index contributed by atoms with van der Waals surface area (Å²) in [6.07, 6.45) is -2.92. The number of urea groups is 1. The molecule has 27 heavy (non-hydrogen) atoms. The Morgan fingerprint density at radius 1 is 1.04 bits per heavy atom. The molecule has 0 aliphatic heterocycles. The number of alkyl halides is 3. The van der Waals surface area contributed by atoms with Crippen molar-refractivity contribution in [1.29, 1.82) is 0 Å². The normalized spacial score (nSPS) is 11.1. The zero-order chi connectivity index (χ0) is 19.7. The van der Waals surface area contributed by atoms with Crippen LogP contribution in [0.15, 0.2) is 48.5 Å². The molecule has 2 rings (SSSR count). The fourth-order valence-corrected chi connectivity index (χ4v) is 2.32. The summed E-state index contributed by atoms with van der Waals surface area (Å²) in [5, 5.41) is 14.5. The highest BCUT2D eigenvalue weighted by Gasteiger charge is 2.30. The topological polar surface area (TPSA) is 70.6 Å². The van der Waals surface area contributed by atoms with Crippen molar-refractivity contribution in [2.45, 2.75) is 19.0 Å². The van der Waals surface area contributed by atoms with Gasteiger partial charge in [0, 0.05) is 6.54 Å². The van der Waals surface area contributed by atoms with E-state index < -0.39 is 11.7 Å². The predicted molar refractivity (Wildman–Crippen MR) is 94.8 cm³/mol. The number of benzene rings is 2. The molecule has 2 aromatic rings. The van der Waals surface area contributed by atoms with Gasteiger partial charge < -0.3 is 20.5 Å². The number of aryl methyl sites for hydroxylation is 1. The molecule has 0 aromatic heterocycles. The number of carbonyl (C=O) groups excluding carboxylic acids is 1. The molecule has 0 radical (unpaired) electrons. The van der Waals surface area contributed by atoms with Crippen LogP contribution in [0.25, 0.3) is 0 Å². The number of nitrogens with one attached hydrogen (secondary N) is 2. The molecule has 0 heterocycles. The molecule has 146 valence electrons. The molecule has 0 saturated carbocycles. The molecule has 0 atom stereocenters. The molecule has 2 amide bonds. The molecule has 0 unspecified atom stereocenters. The maximum atomic E-state index is 12.6. The van der Waals surface area contributed by atoms with Crippen molar-refractivity contribution in [2.24, 2.45) is 0 Å². The molecule has 8 heteroatoms. The highest BCUT2D eigenvalue weighted by molar-refractivity contribution is 5.73. The standard InChI is InChI=1S/C19H21F3N2O3/c20-19(21,22)15-4-1-5-17(13-15)27-12-11-24-18(26)23-10-2-3-14-6-8-16(25)9-7-14/h1,4-9,13,25H,2-3,10-12H2,(H2,23,24,26). The highest BCUT2D eigenvalue weighted by Crippen LogP contribution is 2.31. The molecule has 2 aromatic carbocycles. The third kappa shape index (κ3) is 7.47. The second-order valence-electron chi connectivity index (χ2n) is 5.83. The van der Waals surface area contributed by atoms with E-state index >= 15 is 0 Å². The minimum Gasteiger partial charge on any atom is -0.508 e. The monoisotopic (exact) mass is 382 g/mol. The van der Waals surface area contributed by atoms with E-state index in [-0.39, 0.29) is 30.7 Å². The van der Waals surface area contributed by atoms with E-state index in [1.807, 2.05) is 12.1 Å². The lowest BCUT2D eigenvalue weighted by Gasteiger charge is -2.11. The highest BCUT2D eigenvalue weighted by atomic mass is 19.4. The van der Waals surface area contributed by atoms with Crippen LogP contribution < -0.4 is 15.4 Å². The Labute approximate surface area is 155 Å². The Morgan fingerprint density at radius 2 is 1.74 bits per heavy atom. The third-order valence-electron chi connectivity index (χ3n) is 3.68. The Kier molecular flexibility index (Phi) is 7.34. The van der Waals surface area contributed by atoms with Crippen molar-refractivity contribution in [1.82, 2.24) is 10.6 Å². The van der Waals surface area contributed by atoms with Crippen molar-refractivity contribution in [3.05, 3.63) is 59.7 Å². The van der Waals surface area contributed by atoms with Crippen LogP contribution in [0.5, 0.6) is 11.5 Å². The molecule has 0 bridgehead atoms. The lowest BCUT2D eigenvalue weighted by atomic mass is 10.1. The van der Waals surface area contributed by atoms with E-state index in [9.17, 15) is 23.1 Å². The van der Waals surface area contributed by atoms with E-state index in [4.69, 9.17) is 4.74 Å². The van der Waals surface area contributed by atoms with Crippen LogP contribution in [0, 0.1) is 0 Å². The fraction of sp³-hybridized carbons (Fsp3) is 0.316. The number of halogens is 3. The summed E-state index contributed by atoms with van der Waals surface area (Å²) in [7, 11) is 0. The van der Waals surface area contributed by atoms with Crippen molar-refractivity contribution < 1.29 is 27.8 Å². The minimum absolute atomic E-state index is 0.0578. The first-order chi connectivity index (χ1) is 12.8. The van der Waals surface area contributed by atoms with Crippen LogP contribution in [0.2, 0.25) is 0 Å². The Bertz CT molecular complexity index is 734. The number of hydrogen-bond acceptors (Lipinski definition) is 3. The van der Waals surface area contributed by atoms with Gasteiger partial charge in [-0.1, -0.05) is 18.2 Å². The molecule has 3 N–H and O–H groups in total. The molecule has 5 nitrogen and oxygen atoms in total. The molecule has 0 aliphatic rings. The number of aromatic hydroxyl groups is 1. The zero-order valence-corrected chi connectivity index (χ0v) is 14.6. The van der Waals surface area contributed by atoms with Gasteiger partial charge in [0.1, 0.15) is 18.1 Å². The summed E-state index contributed by atoms with van der Waals surface area (Å²) < 4.78 is 43.0. The molecule has 0 saturated heterocycles. The van der Waals surface area contributed by atoms with Crippen LogP contribution in [0.4, 0.5) is 18.0 Å². The summed E-state index contributed by atoms with van der Waals surface area (Å²) in [5.74, 6) is 0.310. The summed E-state index contributed by atoms with van der Waals surface area (Å²) >= 11 is 0. The summed E-state index contributed by atoms with van der Waals surface area (Å²) in [5.41, 5.74) is 0.281. The van der Waals surface area contributed by atoms with E-state index in [2.05, 4.69) is 10.6 Å². The van der Waals surface area contributed by atoms with Gasteiger partial charge in [-0.25, -0.2) is 4.79 Å². The number of phenols is 1. The van der Waals surface area contributed by atoms with Crippen LogP contribution in [0.1, 0.15) is 17.5 Å². The largest absolute Gasteiger partial charge is 0.508 e. The molecular formula is C19H21F3N2O3. The minimum atomic E-state index is -4.42. The second kappa shape index (κ2) is 9.70. The van der Waals surface area contributed by atoms with Gasteiger partial charge in [0.2, 0.25) is 0 Å². The van der Waals surface area contributed by atoms with Gasteiger partial charge in [-0.3, -0.25) is 0 Å². The van der Waals surface area contributed by atoms with Gasteiger partial charge in [0.15, 0.2) is 0 Å². The molecule has 0 fully saturated rings. The Balaban J connectivity index is 1.59. The molecular weight excluding hydrogens is 361 g/mol. The first kappa shape index (κ1) is 20.4. The van der Waals surface area contributed by atoms with Crippen LogP contribution in [-0.2, 0) is 12.6 Å². The van der Waals surface area contributed by atoms with Crippen molar-refractivity contribution in [3.63, 3.8) is 0 Å². The van der Waals surface area contributed by atoms with Gasteiger partial charge >= 0.3 is 12.2 Å². The van der Waals surface area contributed by atoms with E-state index in [0.29, 0.717) is 6.54 Å². The van der Waals surface area contributed by atoms with Gasteiger partial charge in [-0.2, -0.15) is 13.2 Å². The first-order valence-electron chi connectivity index (χ1n) is 8.44. The SMILES string of the molecule is O=C(NCCCc1ccc(O)cc1)NCCOc1cccc(C(F)(F)F)c1. The summed E-state index contributed by atoms with van der Waals surface area (Å²) in [6.45, 7) is 0.698. The Hall–Kier alpha value is -2.90. The van der Waals surface area contributed by atoms with Crippen molar-refractivity contribution >= 4 is 6.03 Å². The van der Waals surface area contributed by atoms with Crippen LogP contribution in [0.3, 0.4) is 0 Å². The van der Waals surface area contributed by atoms with Gasteiger partial charge in [-0.05, 0) is 48.7 Å². The van der Waals surface area contributed by atoms with Crippen molar-refractivity contribution in [3.8, 4) is 11.5 Å². The molecule has 0 spiro atoms. The van der Waals surface area contributed by atoms with Crippen LogP contribution in [-0.4, -0.2) is 30.8 Å². The van der Waals surface area contributed by atoms with Gasteiger partial charge in [-0.15, -0.1) is 0 Å².